The van der Waals surface area contributed by atoms with Crippen molar-refractivity contribution < 1.29 is 13.6 Å². The van der Waals surface area contributed by atoms with Gasteiger partial charge < -0.3 is 5.73 Å². The summed E-state index contributed by atoms with van der Waals surface area (Å²) < 4.78 is 28.6. The molecule has 1 aromatic carbocycles. The van der Waals surface area contributed by atoms with Gasteiger partial charge in [0.05, 0.1) is 17.0 Å². The molecule has 1 aliphatic carbocycles. The van der Waals surface area contributed by atoms with Crippen molar-refractivity contribution in [3.05, 3.63) is 47.2 Å². The molecule has 2 aromatic rings. The normalized spacial score (nSPS) is 22.4. The first-order valence-corrected chi connectivity index (χ1v) is 10.3. The highest BCUT2D eigenvalue weighted by Gasteiger charge is 2.45. The number of fused-ring (bicyclic) bond motifs is 1. The van der Waals surface area contributed by atoms with Crippen LogP contribution in [0.4, 0.5) is 8.78 Å². The first-order chi connectivity index (χ1) is 13.7. The molecule has 6 heteroatoms. The van der Waals surface area contributed by atoms with Crippen LogP contribution >= 0.6 is 0 Å². The fraction of sp³-hybridized carbons (Fsp3) is 0.522. The Kier molecular flexibility index (Phi) is 6.01. The maximum absolute atomic E-state index is 14.3. The van der Waals surface area contributed by atoms with Crippen LogP contribution in [0.1, 0.15) is 70.6 Å². The van der Waals surface area contributed by atoms with E-state index in [1.165, 1.54) is 18.2 Å². The molecule has 0 bridgehead atoms. The predicted molar refractivity (Wildman–Crippen MR) is 109 cm³/mol. The molecule has 0 saturated carbocycles. The summed E-state index contributed by atoms with van der Waals surface area (Å²) >= 11 is 0. The van der Waals surface area contributed by atoms with Gasteiger partial charge in [0.1, 0.15) is 11.6 Å². The number of halogens is 2. The minimum absolute atomic E-state index is 0.153. The average molecular weight is 402 g/mol. The Hall–Kier alpha value is -2.37. The van der Waals surface area contributed by atoms with Gasteiger partial charge in [-0.15, -0.1) is 0 Å². The third-order valence-corrected chi connectivity index (χ3v) is 6.68. The molecule has 29 heavy (non-hydrogen) atoms. The second kappa shape index (κ2) is 8.17. The third-order valence-electron chi connectivity index (χ3n) is 6.68. The van der Waals surface area contributed by atoms with Crippen LogP contribution in [0.5, 0.6) is 0 Å². The SMILES string of the molecule is CC[C@@H](C[C@@]1(C(C)C)CC[C@H](C)c2cc(-c3c(F)cccc3F)nnc21)C(N)=O. The zero-order valence-corrected chi connectivity index (χ0v) is 17.5. The summed E-state index contributed by atoms with van der Waals surface area (Å²) in [4.78, 5) is 12.0. The number of hydrogen-bond acceptors (Lipinski definition) is 3. The molecule has 156 valence electrons. The Labute approximate surface area is 170 Å². The monoisotopic (exact) mass is 401 g/mol. The van der Waals surface area contributed by atoms with Crippen molar-refractivity contribution in [3.8, 4) is 11.3 Å². The first-order valence-electron chi connectivity index (χ1n) is 10.3. The number of amides is 1. The molecule has 0 aliphatic heterocycles. The molecule has 0 saturated heterocycles. The van der Waals surface area contributed by atoms with Crippen molar-refractivity contribution in [3.63, 3.8) is 0 Å². The summed E-state index contributed by atoms with van der Waals surface area (Å²) in [5, 5.41) is 8.74. The Morgan fingerprint density at radius 3 is 2.48 bits per heavy atom. The van der Waals surface area contributed by atoms with Crippen molar-refractivity contribution in [1.29, 1.82) is 0 Å². The quantitative estimate of drug-likeness (QED) is 0.731. The minimum atomic E-state index is -0.655. The number of aromatic nitrogens is 2. The first kappa shape index (κ1) is 21.3. The fourth-order valence-electron chi connectivity index (χ4n) is 4.66. The smallest absolute Gasteiger partial charge is 0.220 e. The molecule has 3 atom stereocenters. The van der Waals surface area contributed by atoms with E-state index in [4.69, 9.17) is 5.73 Å². The highest BCUT2D eigenvalue weighted by molar-refractivity contribution is 5.76. The van der Waals surface area contributed by atoms with Gasteiger partial charge in [-0.1, -0.05) is 33.8 Å². The van der Waals surface area contributed by atoms with Crippen molar-refractivity contribution >= 4 is 5.91 Å². The lowest BCUT2D eigenvalue weighted by Gasteiger charge is -2.44. The van der Waals surface area contributed by atoms with Gasteiger partial charge in [0, 0.05) is 11.3 Å². The Morgan fingerprint density at radius 1 is 1.28 bits per heavy atom. The molecule has 2 N–H and O–H groups in total. The third kappa shape index (κ3) is 3.77. The summed E-state index contributed by atoms with van der Waals surface area (Å²) in [5.41, 5.74) is 7.15. The second-order valence-electron chi connectivity index (χ2n) is 8.59. The van der Waals surface area contributed by atoms with E-state index in [9.17, 15) is 13.6 Å². The number of carbonyl (C=O) groups is 1. The summed E-state index contributed by atoms with van der Waals surface area (Å²) in [6.07, 6.45) is 3.06. The second-order valence-corrected chi connectivity index (χ2v) is 8.59. The van der Waals surface area contributed by atoms with E-state index in [1.54, 1.807) is 6.07 Å². The van der Waals surface area contributed by atoms with Crippen LogP contribution in [0, 0.1) is 23.5 Å². The molecule has 4 nitrogen and oxygen atoms in total. The van der Waals surface area contributed by atoms with Gasteiger partial charge in [-0.25, -0.2) is 8.78 Å². The summed E-state index contributed by atoms with van der Waals surface area (Å²) in [5.74, 6) is -1.45. The minimum Gasteiger partial charge on any atom is -0.369 e. The van der Waals surface area contributed by atoms with Gasteiger partial charge in [-0.2, -0.15) is 10.2 Å². The van der Waals surface area contributed by atoms with E-state index in [-0.39, 0.29) is 40.3 Å². The lowest BCUT2D eigenvalue weighted by Crippen LogP contribution is -2.42. The van der Waals surface area contributed by atoms with Crippen LogP contribution < -0.4 is 5.73 Å². The molecule has 1 aliphatic rings. The topological polar surface area (TPSA) is 68.9 Å². The van der Waals surface area contributed by atoms with Crippen LogP contribution in [0.2, 0.25) is 0 Å². The van der Waals surface area contributed by atoms with Crippen LogP contribution in [-0.2, 0) is 10.2 Å². The van der Waals surface area contributed by atoms with Crippen LogP contribution in [0.3, 0.4) is 0 Å². The number of nitrogens with zero attached hydrogens (tertiary/aromatic N) is 2. The zero-order chi connectivity index (χ0) is 21.3. The molecule has 3 rings (SSSR count). The molecule has 1 amide bonds. The number of nitrogens with two attached hydrogens (primary N) is 1. The number of carbonyl (C=O) groups excluding carboxylic acids is 1. The maximum atomic E-state index is 14.3. The predicted octanol–water partition coefficient (Wildman–Crippen LogP) is 5.11. The van der Waals surface area contributed by atoms with E-state index in [0.717, 1.165) is 24.1 Å². The van der Waals surface area contributed by atoms with Crippen molar-refractivity contribution in [2.45, 2.75) is 64.7 Å². The van der Waals surface area contributed by atoms with Gasteiger partial charge in [0.15, 0.2) is 0 Å². The highest BCUT2D eigenvalue weighted by atomic mass is 19.1. The Morgan fingerprint density at radius 2 is 1.93 bits per heavy atom. The maximum Gasteiger partial charge on any atom is 0.220 e. The zero-order valence-electron chi connectivity index (χ0n) is 17.5. The Balaban J connectivity index is 2.15. The summed E-state index contributed by atoms with van der Waals surface area (Å²) in [6.45, 7) is 8.31. The highest BCUT2D eigenvalue weighted by Crippen LogP contribution is 2.50. The lowest BCUT2D eigenvalue weighted by atomic mass is 9.60. The lowest BCUT2D eigenvalue weighted by molar-refractivity contribution is -0.122. The average Bonchev–Trinajstić information content (AvgIpc) is 2.67. The number of primary amides is 1. The summed E-state index contributed by atoms with van der Waals surface area (Å²) in [6, 6.07) is 5.55. The molecular formula is C23H29F2N3O. The van der Waals surface area contributed by atoms with Gasteiger partial charge in [0.25, 0.3) is 0 Å². The molecule has 0 fully saturated rings. The number of hydrogen-bond donors (Lipinski definition) is 1. The summed E-state index contributed by atoms with van der Waals surface area (Å²) in [7, 11) is 0. The number of rotatable bonds is 6. The van der Waals surface area contributed by atoms with E-state index >= 15 is 0 Å². The molecule has 0 spiro atoms. The molecule has 1 aromatic heterocycles. The standard InChI is InChI=1S/C23H29F2N3O/c1-5-15(22(26)29)12-23(13(2)3)10-9-14(4)16-11-19(27-28-21(16)23)20-17(24)7-6-8-18(20)25/h6-8,11,13-15H,5,9-10,12H2,1-4H3,(H2,26,29)/t14-,15-,23+/m0/s1. The van der Waals surface area contributed by atoms with Crippen molar-refractivity contribution in [2.24, 2.45) is 17.6 Å². The number of benzene rings is 1. The molecule has 1 heterocycles. The van der Waals surface area contributed by atoms with Crippen LogP contribution in [0.25, 0.3) is 11.3 Å². The van der Waals surface area contributed by atoms with Crippen molar-refractivity contribution in [2.75, 3.05) is 0 Å². The van der Waals surface area contributed by atoms with E-state index < -0.39 is 11.6 Å². The Bertz CT molecular complexity index is 895. The van der Waals surface area contributed by atoms with Gasteiger partial charge in [-0.05, 0) is 61.3 Å². The van der Waals surface area contributed by atoms with Crippen molar-refractivity contribution in [1.82, 2.24) is 10.2 Å². The largest absolute Gasteiger partial charge is 0.369 e. The van der Waals surface area contributed by atoms with Crippen LogP contribution in [-0.4, -0.2) is 16.1 Å². The molecule has 0 radical (unpaired) electrons. The van der Waals surface area contributed by atoms with Gasteiger partial charge in [-0.3, -0.25) is 4.79 Å². The van der Waals surface area contributed by atoms with Gasteiger partial charge >= 0.3 is 0 Å². The van der Waals surface area contributed by atoms with Gasteiger partial charge in [0.2, 0.25) is 5.91 Å². The van der Waals surface area contributed by atoms with E-state index in [0.29, 0.717) is 12.8 Å². The van der Waals surface area contributed by atoms with Crippen LogP contribution in [0.15, 0.2) is 24.3 Å². The van der Waals surface area contributed by atoms with E-state index in [1.807, 2.05) is 6.92 Å². The fourth-order valence-corrected chi connectivity index (χ4v) is 4.66. The molecular weight excluding hydrogens is 372 g/mol. The molecule has 0 unspecified atom stereocenters. The van der Waals surface area contributed by atoms with E-state index in [2.05, 4.69) is 31.0 Å².